The summed E-state index contributed by atoms with van der Waals surface area (Å²) in [5, 5.41) is 9.82. The van der Waals surface area contributed by atoms with Crippen LogP contribution >= 0.6 is 0 Å². The number of hydrogen-bond acceptors (Lipinski definition) is 5. The van der Waals surface area contributed by atoms with Gasteiger partial charge in [-0.3, -0.25) is 0 Å². The summed E-state index contributed by atoms with van der Waals surface area (Å²) in [7, 11) is 3.59. The lowest BCUT2D eigenvalue weighted by atomic mass is 10.3. The summed E-state index contributed by atoms with van der Waals surface area (Å²) in [5.74, 6) is 1.63. The minimum absolute atomic E-state index is 0.142. The minimum atomic E-state index is -0.474. The van der Waals surface area contributed by atoms with Crippen molar-refractivity contribution in [2.75, 3.05) is 40.5 Å². The molecular formula is C16H27NO4. The molecule has 1 aromatic rings. The molecule has 120 valence electrons. The number of aliphatic hydroxyl groups excluding tert-OH is 1. The monoisotopic (exact) mass is 297 g/mol. The van der Waals surface area contributed by atoms with Gasteiger partial charge in [-0.15, -0.1) is 0 Å². The second-order valence-electron chi connectivity index (χ2n) is 5.32. The molecule has 0 aliphatic heterocycles. The van der Waals surface area contributed by atoms with E-state index in [1.807, 2.05) is 50.1 Å². The van der Waals surface area contributed by atoms with Crippen LogP contribution in [0.15, 0.2) is 24.3 Å². The topological polar surface area (TPSA) is 51.2 Å². The van der Waals surface area contributed by atoms with Crippen molar-refractivity contribution < 1.29 is 19.3 Å². The molecule has 0 aromatic heterocycles. The number of likely N-dealkylation sites (N-methyl/N-ethyl adjacent to an activating group) is 1. The van der Waals surface area contributed by atoms with E-state index >= 15 is 0 Å². The van der Waals surface area contributed by atoms with Crippen LogP contribution in [0.5, 0.6) is 11.5 Å². The van der Waals surface area contributed by atoms with Crippen LogP contribution in [-0.4, -0.2) is 62.7 Å². The molecule has 0 fully saturated rings. The number of hydrogen-bond donors (Lipinski definition) is 1. The van der Waals surface area contributed by atoms with Crippen molar-refractivity contribution in [2.24, 2.45) is 0 Å². The Kier molecular flexibility index (Phi) is 8.12. The summed E-state index contributed by atoms with van der Waals surface area (Å²) in [5.41, 5.74) is 0. The largest absolute Gasteiger partial charge is 0.497 e. The maximum absolute atomic E-state index is 9.82. The highest BCUT2D eigenvalue weighted by molar-refractivity contribution is 5.31. The van der Waals surface area contributed by atoms with E-state index in [1.165, 1.54) is 0 Å². The smallest absolute Gasteiger partial charge is 0.119 e. The van der Waals surface area contributed by atoms with E-state index in [4.69, 9.17) is 14.2 Å². The Hall–Kier alpha value is -1.30. The van der Waals surface area contributed by atoms with Gasteiger partial charge < -0.3 is 24.2 Å². The van der Waals surface area contributed by atoms with Crippen molar-refractivity contribution in [3.05, 3.63) is 24.3 Å². The first-order valence-corrected chi connectivity index (χ1v) is 7.26. The van der Waals surface area contributed by atoms with Crippen molar-refractivity contribution in [3.8, 4) is 11.5 Å². The van der Waals surface area contributed by atoms with E-state index in [9.17, 15) is 5.11 Å². The molecule has 1 rings (SSSR count). The third-order valence-electron chi connectivity index (χ3n) is 2.95. The standard InChI is InChI=1S/C16H27NO4/c1-13(2)21-12-14(18)11-17(3)9-10-20-16-7-5-15(19-4)6-8-16/h5-8,13-14,18H,9-12H2,1-4H3. The molecule has 1 N–H and O–H groups in total. The van der Waals surface area contributed by atoms with Crippen LogP contribution in [0.4, 0.5) is 0 Å². The lowest BCUT2D eigenvalue weighted by molar-refractivity contribution is -0.00649. The van der Waals surface area contributed by atoms with Crippen LogP contribution in [-0.2, 0) is 4.74 Å². The molecule has 1 unspecified atom stereocenters. The predicted octanol–water partition coefficient (Wildman–Crippen LogP) is 1.79. The first-order valence-electron chi connectivity index (χ1n) is 7.26. The molecule has 0 aliphatic carbocycles. The van der Waals surface area contributed by atoms with Crippen molar-refractivity contribution in [3.63, 3.8) is 0 Å². The number of rotatable bonds is 10. The number of benzene rings is 1. The van der Waals surface area contributed by atoms with Gasteiger partial charge in [-0.2, -0.15) is 0 Å². The normalized spacial score (nSPS) is 12.7. The van der Waals surface area contributed by atoms with Crippen LogP contribution in [0.3, 0.4) is 0 Å². The van der Waals surface area contributed by atoms with Gasteiger partial charge in [0.15, 0.2) is 0 Å². The highest BCUT2D eigenvalue weighted by atomic mass is 16.5. The molecule has 0 bridgehead atoms. The molecule has 0 saturated heterocycles. The average molecular weight is 297 g/mol. The molecule has 0 aliphatic rings. The Morgan fingerprint density at radius 2 is 1.76 bits per heavy atom. The van der Waals surface area contributed by atoms with Crippen LogP contribution < -0.4 is 9.47 Å². The van der Waals surface area contributed by atoms with Gasteiger partial charge in [0.2, 0.25) is 0 Å². The Labute approximate surface area is 127 Å². The van der Waals surface area contributed by atoms with Gasteiger partial charge >= 0.3 is 0 Å². The van der Waals surface area contributed by atoms with E-state index in [2.05, 4.69) is 0 Å². The number of ether oxygens (including phenoxy) is 3. The fourth-order valence-electron chi connectivity index (χ4n) is 1.80. The third kappa shape index (κ3) is 7.90. The maximum Gasteiger partial charge on any atom is 0.119 e. The fraction of sp³-hybridized carbons (Fsp3) is 0.625. The summed E-state index contributed by atoms with van der Waals surface area (Å²) < 4.78 is 16.1. The fourth-order valence-corrected chi connectivity index (χ4v) is 1.80. The number of nitrogens with zero attached hydrogens (tertiary/aromatic N) is 1. The van der Waals surface area contributed by atoms with E-state index in [1.54, 1.807) is 7.11 Å². The van der Waals surface area contributed by atoms with E-state index in [0.717, 1.165) is 18.0 Å². The molecule has 0 heterocycles. The lowest BCUT2D eigenvalue weighted by Gasteiger charge is -2.21. The van der Waals surface area contributed by atoms with E-state index in [0.29, 0.717) is 19.8 Å². The summed E-state index contributed by atoms with van der Waals surface area (Å²) >= 11 is 0. The quantitative estimate of drug-likeness (QED) is 0.713. The van der Waals surface area contributed by atoms with E-state index in [-0.39, 0.29) is 6.10 Å². The summed E-state index contributed by atoms with van der Waals surface area (Å²) in [4.78, 5) is 2.03. The van der Waals surface area contributed by atoms with Crippen molar-refractivity contribution in [2.45, 2.75) is 26.1 Å². The second kappa shape index (κ2) is 9.60. The van der Waals surface area contributed by atoms with Gasteiger partial charge in [0.1, 0.15) is 18.1 Å². The Morgan fingerprint density at radius 1 is 1.14 bits per heavy atom. The van der Waals surface area contributed by atoms with Crippen molar-refractivity contribution in [1.29, 1.82) is 0 Å². The molecule has 0 amide bonds. The maximum atomic E-state index is 9.82. The third-order valence-corrected chi connectivity index (χ3v) is 2.95. The Bertz CT molecular complexity index is 380. The van der Waals surface area contributed by atoms with E-state index < -0.39 is 6.10 Å². The SMILES string of the molecule is COc1ccc(OCCN(C)CC(O)COC(C)C)cc1. The van der Waals surface area contributed by atoms with Gasteiger partial charge in [-0.05, 0) is 45.2 Å². The molecule has 0 spiro atoms. The molecule has 0 radical (unpaired) electrons. The van der Waals surface area contributed by atoms with Crippen LogP contribution in [0, 0.1) is 0 Å². The highest BCUT2D eigenvalue weighted by Crippen LogP contribution is 2.16. The van der Waals surface area contributed by atoms with Crippen LogP contribution in [0.25, 0.3) is 0 Å². The second-order valence-corrected chi connectivity index (χ2v) is 5.32. The molecule has 21 heavy (non-hydrogen) atoms. The zero-order valence-corrected chi connectivity index (χ0v) is 13.4. The van der Waals surface area contributed by atoms with Gasteiger partial charge in [-0.25, -0.2) is 0 Å². The molecule has 0 saturated carbocycles. The zero-order chi connectivity index (χ0) is 15.7. The highest BCUT2D eigenvalue weighted by Gasteiger charge is 2.09. The first-order chi connectivity index (χ1) is 10.0. The van der Waals surface area contributed by atoms with Crippen LogP contribution in [0.2, 0.25) is 0 Å². The zero-order valence-electron chi connectivity index (χ0n) is 13.4. The molecular weight excluding hydrogens is 270 g/mol. The molecule has 5 heteroatoms. The van der Waals surface area contributed by atoms with Crippen LogP contribution in [0.1, 0.15) is 13.8 Å². The molecule has 5 nitrogen and oxygen atoms in total. The first kappa shape index (κ1) is 17.8. The van der Waals surface area contributed by atoms with Gasteiger partial charge in [-0.1, -0.05) is 0 Å². The molecule has 1 aromatic carbocycles. The minimum Gasteiger partial charge on any atom is -0.497 e. The Morgan fingerprint density at radius 3 is 2.33 bits per heavy atom. The van der Waals surface area contributed by atoms with Crippen molar-refractivity contribution >= 4 is 0 Å². The predicted molar refractivity (Wildman–Crippen MR) is 83.1 cm³/mol. The average Bonchev–Trinajstić information content (AvgIpc) is 2.46. The Balaban J connectivity index is 2.18. The summed E-state index contributed by atoms with van der Waals surface area (Å²) in [6, 6.07) is 7.49. The summed E-state index contributed by atoms with van der Waals surface area (Å²) in [6.07, 6.45) is -0.332. The number of aliphatic hydroxyl groups is 1. The van der Waals surface area contributed by atoms with Crippen molar-refractivity contribution in [1.82, 2.24) is 4.90 Å². The van der Waals surface area contributed by atoms with Gasteiger partial charge in [0, 0.05) is 13.1 Å². The lowest BCUT2D eigenvalue weighted by Crippen LogP contribution is -2.35. The molecule has 1 atom stereocenters. The van der Waals surface area contributed by atoms with Gasteiger partial charge in [0.25, 0.3) is 0 Å². The summed E-state index contributed by atoms with van der Waals surface area (Å²) in [6.45, 7) is 6.16. The number of methoxy groups -OCH3 is 1. The van der Waals surface area contributed by atoms with Gasteiger partial charge in [0.05, 0.1) is 25.9 Å².